The maximum Gasteiger partial charge on any atom is 0.261 e. The van der Waals surface area contributed by atoms with Crippen LogP contribution in [0.4, 0.5) is 0 Å². The molecule has 0 amide bonds. The van der Waals surface area contributed by atoms with Gasteiger partial charge >= 0.3 is 0 Å². The van der Waals surface area contributed by atoms with Crippen molar-refractivity contribution < 1.29 is 4.74 Å². The molecule has 0 atom stereocenters. The number of fused-ring (bicyclic) bond motifs is 1. The van der Waals surface area contributed by atoms with Crippen LogP contribution < -0.4 is 10.3 Å². The van der Waals surface area contributed by atoms with Gasteiger partial charge in [-0.1, -0.05) is 41.4 Å². The van der Waals surface area contributed by atoms with Gasteiger partial charge in [0, 0.05) is 0 Å². The zero-order valence-electron chi connectivity index (χ0n) is 11.5. The lowest BCUT2D eigenvalue weighted by Crippen LogP contribution is -2.23. The second-order valence-electron chi connectivity index (χ2n) is 4.66. The van der Waals surface area contributed by atoms with Crippen LogP contribution in [0.25, 0.3) is 10.9 Å². The number of benzene rings is 2. The number of halogens is 2. The van der Waals surface area contributed by atoms with Crippen molar-refractivity contribution >= 4 is 34.1 Å². The monoisotopic (exact) mass is 334 g/mol. The molecule has 0 saturated heterocycles. The minimum Gasteiger partial charge on any atom is -0.489 e. The molecule has 3 aromatic rings. The van der Waals surface area contributed by atoms with Crippen molar-refractivity contribution in [1.82, 2.24) is 9.55 Å². The van der Waals surface area contributed by atoms with E-state index in [1.54, 1.807) is 30.3 Å². The zero-order valence-corrected chi connectivity index (χ0v) is 13.0. The van der Waals surface area contributed by atoms with Gasteiger partial charge in [0.2, 0.25) is 0 Å². The third kappa shape index (κ3) is 2.93. The summed E-state index contributed by atoms with van der Waals surface area (Å²) >= 11 is 12.1. The van der Waals surface area contributed by atoms with E-state index < -0.39 is 0 Å². The van der Waals surface area contributed by atoms with E-state index in [4.69, 9.17) is 27.9 Å². The summed E-state index contributed by atoms with van der Waals surface area (Å²) in [4.78, 5) is 16.6. The highest BCUT2D eigenvalue weighted by Gasteiger charge is 2.07. The molecule has 0 aliphatic carbocycles. The van der Waals surface area contributed by atoms with Crippen LogP contribution in [-0.4, -0.2) is 16.2 Å². The Morgan fingerprint density at radius 3 is 2.55 bits per heavy atom. The Kier molecular flexibility index (Phi) is 4.32. The van der Waals surface area contributed by atoms with Crippen LogP contribution in [-0.2, 0) is 6.54 Å². The normalized spacial score (nSPS) is 10.8. The summed E-state index contributed by atoms with van der Waals surface area (Å²) < 4.78 is 7.09. The number of rotatable bonds is 4. The molecule has 3 rings (SSSR count). The van der Waals surface area contributed by atoms with Gasteiger partial charge in [0.05, 0.1) is 33.8 Å². The van der Waals surface area contributed by atoms with Crippen LogP contribution in [0.15, 0.2) is 53.6 Å². The van der Waals surface area contributed by atoms with Crippen molar-refractivity contribution in [3.8, 4) is 5.75 Å². The van der Waals surface area contributed by atoms with Crippen molar-refractivity contribution in [3.05, 3.63) is 69.2 Å². The van der Waals surface area contributed by atoms with Gasteiger partial charge in [-0.25, -0.2) is 4.98 Å². The molecule has 0 radical (unpaired) electrons. The molecule has 0 unspecified atom stereocenters. The molecule has 0 aliphatic heterocycles. The minimum atomic E-state index is -0.0977. The quantitative estimate of drug-likeness (QED) is 0.729. The molecule has 1 aromatic heterocycles. The molecule has 0 saturated carbocycles. The van der Waals surface area contributed by atoms with E-state index in [1.165, 1.54) is 10.9 Å². The first-order chi connectivity index (χ1) is 10.7. The highest BCUT2D eigenvalue weighted by molar-refractivity contribution is 6.37. The molecular weight excluding hydrogens is 323 g/mol. The van der Waals surface area contributed by atoms with Crippen molar-refractivity contribution in [2.45, 2.75) is 6.54 Å². The van der Waals surface area contributed by atoms with Crippen LogP contribution in [0.1, 0.15) is 0 Å². The lowest BCUT2D eigenvalue weighted by atomic mass is 10.2. The van der Waals surface area contributed by atoms with Crippen LogP contribution >= 0.6 is 23.2 Å². The lowest BCUT2D eigenvalue weighted by molar-refractivity contribution is 0.296. The fourth-order valence-corrected chi connectivity index (χ4v) is 2.64. The van der Waals surface area contributed by atoms with Crippen molar-refractivity contribution in [2.24, 2.45) is 0 Å². The molecule has 4 nitrogen and oxygen atoms in total. The number of hydrogen-bond donors (Lipinski definition) is 0. The molecule has 22 heavy (non-hydrogen) atoms. The first kappa shape index (κ1) is 14.9. The van der Waals surface area contributed by atoms with Crippen LogP contribution in [0.5, 0.6) is 5.75 Å². The van der Waals surface area contributed by atoms with E-state index in [9.17, 15) is 4.79 Å². The summed E-state index contributed by atoms with van der Waals surface area (Å²) in [6.07, 6.45) is 1.52. The molecule has 0 aliphatic rings. The predicted molar refractivity (Wildman–Crippen MR) is 88.0 cm³/mol. The summed E-state index contributed by atoms with van der Waals surface area (Å²) in [6, 6.07) is 12.4. The molecular formula is C16H12Cl2N2O2. The van der Waals surface area contributed by atoms with E-state index in [0.717, 1.165) is 0 Å². The van der Waals surface area contributed by atoms with E-state index in [2.05, 4.69) is 4.98 Å². The van der Waals surface area contributed by atoms with Crippen molar-refractivity contribution in [3.63, 3.8) is 0 Å². The first-order valence-electron chi connectivity index (χ1n) is 6.68. The molecule has 2 aromatic carbocycles. The fourth-order valence-electron chi connectivity index (χ4n) is 2.13. The van der Waals surface area contributed by atoms with Crippen molar-refractivity contribution in [1.29, 1.82) is 0 Å². The second-order valence-corrected chi connectivity index (χ2v) is 5.47. The maximum absolute atomic E-state index is 12.3. The van der Waals surface area contributed by atoms with Crippen LogP contribution in [0.2, 0.25) is 10.0 Å². The Hall–Kier alpha value is -2.04. The summed E-state index contributed by atoms with van der Waals surface area (Å²) in [7, 11) is 0. The van der Waals surface area contributed by atoms with Gasteiger partial charge in [-0.15, -0.1) is 0 Å². The average Bonchev–Trinajstić information content (AvgIpc) is 2.52. The molecule has 0 bridgehead atoms. The Morgan fingerprint density at radius 2 is 1.77 bits per heavy atom. The van der Waals surface area contributed by atoms with E-state index >= 15 is 0 Å². The molecule has 6 heteroatoms. The highest BCUT2D eigenvalue weighted by Crippen LogP contribution is 2.32. The first-order valence-corrected chi connectivity index (χ1v) is 7.43. The molecule has 112 valence electrons. The summed E-state index contributed by atoms with van der Waals surface area (Å²) in [6.45, 7) is 0.627. The van der Waals surface area contributed by atoms with Gasteiger partial charge in [0.25, 0.3) is 5.56 Å². The Morgan fingerprint density at radius 1 is 1.05 bits per heavy atom. The van der Waals surface area contributed by atoms with E-state index in [1.807, 2.05) is 12.1 Å². The number of ether oxygens (including phenoxy) is 1. The molecule has 1 heterocycles. The Balaban J connectivity index is 1.77. The van der Waals surface area contributed by atoms with Crippen molar-refractivity contribution in [2.75, 3.05) is 6.61 Å². The Bertz CT molecular complexity index is 857. The van der Waals surface area contributed by atoms with Gasteiger partial charge in [0.15, 0.2) is 5.75 Å². The second kappa shape index (κ2) is 6.38. The Labute approximate surface area is 136 Å². The number of nitrogens with zero attached hydrogens (tertiary/aromatic N) is 2. The van der Waals surface area contributed by atoms with E-state index in [-0.39, 0.29) is 12.2 Å². The van der Waals surface area contributed by atoms with Gasteiger partial charge in [0.1, 0.15) is 6.61 Å². The van der Waals surface area contributed by atoms with Crippen LogP contribution in [0.3, 0.4) is 0 Å². The van der Waals surface area contributed by atoms with Gasteiger partial charge in [-0.3, -0.25) is 9.36 Å². The molecule has 0 fully saturated rings. The number of aromatic nitrogens is 2. The van der Waals surface area contributed by atoms with E-state index in [0.29, 0.717) is 33.2 Å². The topological polar surface area (TPSA) is 44.1 Å². The summed E-state index contributed by atoms with van der Waals surface area (Å²) in [5.74, 6) is 0.424. The summed E-state index contributed by atoms with van der Waals surface area (Å²) in [5.41, 5.74) is 0.582. The minimum absolute atomic E-state index is 0.0977. The maximum atomic E-state index is 12.3. The predicted octanol–water partition coefficient (Wildman–Crippen LogP) is 3.78. The zero-order chi connectivity index (χ0) is 15.5. The third-order valence-electron chi connectivity index (χ3n) is 3.23. The fraction of sp³-hybridized carbons (Fsp3) is 0.125. The largest absolute Gasteiger partial charge is 0.489 e. The SMILES string of the molecule is O=c1c2ccccc2ncn1CCOc1c(Cl)cccc1Cl. The lowest BCUT2D eigenvalue weighted by Gasteiger charge is -2.11. The van der Waals surface area contributed by atoms with Gasteiger partial charge in [-0.05, 0) is 24.3 Å². The molecule has 0 N–H and O–H groups in total. The smallest absolute Gasteiger partial charge is 0.261 e. The molecule has 0 spiro atoms. The average molecular weight is 335 g/mol. The standard InChI is InChI=1S/C16H12Cl2N2O2/c17-12-5-3-6-13(18)15(12)22-9-8-20-10-19-14-7-2-1-4-11(14)16(20)21/h1-7,10H,8-9H2. The van der Waals surface area contributed by atoms with Gasteiger partial charge in [-0.2, -0.15) is 0 Å². The summed E-state index contributed by atoms with van der Waals surface area (Å²) in [5, 5.41) is 1.47. The highest BCUT2D eigenvalue weighted by atomic mass is 35.5. The number of para-hydroxylation sites is 2. The van der Waals surface area contributed by atoms with Gasteiger partial charge < -0.3 is 4.74 Å². The number of hydrogen-bond acceptors (Lipinski definition) is 3. The third-order valence-corrected chi connectivity index (χ3v) is 3.82. The van der Waals surface area contributed by atoms with Crippen LogP contribution in [0, 0.1) is 0 Å².